The highest BCUT2D eigenvalue weighted by Gasteiger charge is 2.29. The Bertz CT molecular complexity index is 556. The lowest BCUT2D eigenvalue weighted by Gasteiger charge is -2.30. The summed E-state index contributed by atoms with van der Waals surface area (Å²) < 4.78 is 24.4. The molecule has 1 saturated carbocycles. The van der Waals surface area contributed by atoms with Crippen LogP contribution in [-0.4, -0.2) is 60.3 Å². The number of rotatable bonds is 6. The van der Waals surface area contributed by atoms with Crippen LogP contribution in [0.2, 0.25) is 0 Å². The molecule has 2 rings (SSSR count). The second-order valence-electron chi connectivity index (χ2n) is 5.18. The number of hydrogen-bond acceptors (Lipinski definition) is 6. The van der Waals surface area contributed by atoms with Crippen molar-refractivity contribution in [3.63, 3.8) is 0 Å². The molecular formula is C12H20N4O3S. The van der Waals surface area contributed by atoms with E-state index in [2.05, 4.69) is 15.3 Å². The van der Waals surface area contributed by atoms with Gasteiger partial charge in [-0.05, 0) is 12.8 Å². The molecule has 0 atom stereocenters. The Morgan fingerprint density at radius 2 is 2.10 bits per heavy atom. The van der Waals surface area contributed by atoms with Crippen molar-refractivity contribution in [2.75, 3.05) is 31.7 Å². The lowest BCUT2D eigenvalue weighted by atomic mass is 9.80. The number of hydrogen-bond donors (Lipinski definition) is 2. The molecule has 2 N–H and O–H groups in total. The number of anilines is 1. The summed E-state index contributed by atoms with van der Waals surface area (Å²) in [4.78, 5) is 8.26. The Labute approximate surface area is 119 Å². The molecule has 8 heteroatoms. The zero-order chi connectivity index (χ0) is 14.8. The zero-order valence-corrected chi connectivity index (χ0v) is 12.5. The van der Waals surface area contributed by atoms with Gasteiger partial charge >= 0.3 is 0 Å². The molecule has 7 nitrogen and oxygen atoms in total. The molecule has 20 heavy (non-hydrogen) atoms. The monoisotopic (exact) mass is 300 g/mol. The summed E-state index contributed by atoms with van der Waals surface area (Å²) in [5.74, 6) is 0.908. The smallest absolute Gasteiger partial charge is 0.215 e. The van der Waals surface area contributed by atoms with Crippen molar-refractivity contribution in [1.82, 2.24) is 14.3 Å². The molecule has 0 amide bonds. The predicted molar refractivity (Wildman–Crippen MR) is 76.0 cm³/mol. The van der Waals surface area contributed by atoms with Crippen molar-refractivity contribution < 1.29 is 13.5 Å². The average Bonchev–Trinajstić information content (AvgIpc) is 2.35. The van der Waals surface area contributed by atoms with Crippen LogP contribution in [0.15, 0.2) is 12.4 Å². The molecule has 0 aromatic carbocycles. The van der Waals surface area contributed by atoms with Crippen LogP contribution in [0.4, 0.5) is 5.82 Å². The fourth-order valence-corrected chi connectivity index (χ4v) is 2.74. The summed E-state index contributed by atoms with van der Waals surface area (Å²) in [6.07, 6.45) is 2.69. The molecule has 0 spiro atoms. The maximum absolute atomic E-state index is 11.6. The molecule has 1 aromatic heterocycles. The van der Waals surface area contributed by atoms with Crippen LogP contribution in [0.25, 0.3) is 0 Å². The molecule has 1 heterocycles. The van der Waals surface area contributed by atoms with E-state index >= 15 is 0 Å². The molecule has 1 fully saturated rings. The Kier molecular flexibility index (Phi) is 4.56. The molecule has 0 aliphatic heterocycles. The van der Waals surface area contributed by atoms with E-state index < -0.39 is 10.0 Å². The minimum Gasteiger partial charge on any atom is -0.393 e. The molecule has 1 aliphatic carbocycles. The number of nitrogens with zero attached hydrogens (tertiary/aromatic N) is 3. The van der Waals surface area contributed by atoms with E-state index in [1.807, 2.05) is 6.07 Å². The molecule has 0 bridgehead atoms. The van der Waals surface area contributed by atoms with E-state index in [1.54, 1.807) is 0 Å². The van der Waals surface area contributed by atoms with Crippen LogP contribution >= 0.6 is 0 Å². The van der Waals surface area contributed by atoms with Gasteiger partial charge in [-0.15, -0.1) is 0 Å². The lowest BCUT2D eigenvalue weighted by Crippen LogP contribution is -2.29. The second kappa shape index (κ2) is 6.02. The average molecular weight is 300 g/mol. The van der Waals surface area contributed by atoms with E-state index in [-0.39, 0.29) is 17.8 Å². The topological polar surface area (TPSA) is 95.4 Å². The van der Waals surface area contributed by atoms with E-state index in [4.69, 9.17) is 0 Å². The van der Waals surface area contributed by atoms with Gasteiger partial charge in [0.2, 0.25) is 10.0 Å². The third-order valence-electron chi connectivity index (χ3n) is 3.44. The second-order valence-corrected chi connectivity index (χ2v) is 7.48. The van der Waals surface area contributed by atoms with Crippen LogP contribution in [0.3, 0.4) is 0 Å². The maximum Gasteiger partial charge on any atom is 0.215 e. The standard InChI is InChI=1S/C12H20N4O3S/c1-16(2)20(18,19)4-3-13-12-7-11(14-8-15-12)9-5-10(17)6-9/h7-10,17H,3-6H2,1-2H3,(H,13,14,15). The van der Waals surface area contributed by atoms with E-state index in [9.17, 15) is 13.5 Å². The van der Waals surface area contributed by atoms with Gasteiger partial charge < -0.3 is 10.4 Å². The Morgan fingerprint density at radius 1 is 1.40 bits per heavy atom. The van der Waals surface area contributed by atoms with Gasteiger partial charge in [-0.2, -0.15) is 0 Å². The number of aliphatic hydroxyl groups is 1. The molecule has 0 saturated heterocycles. The summed E-state index contributed by atoms with van der Waals surface area (Å²) >= 11 is 0. The molecule has 0 radical (unpaired) electrons. The van der Waals surface area contributed by atoms with Gasteiger partial charge in [-0.1, -0.05) is 0 Å². The number of sulfonamides is 1. The van der Waals surface area contributed by atoms with Gasteiger partial charge in [-0.3, -0.25) is 0 Å². The predicted octanol–water partition coefficient (Wildman–Crippen LogP) is 0.0182. The molecule has 1 aromatic rings. The van der Waals surface area contributed by atoms with Crippen LogP contribution in [0, 0.1) is 0 Å². The number of aromatic nitrogens is 2. The van der Waals surface area contributed by atoms with Crippen molar-refractivity contribution in [2.45, 2.75) is 24.9 Å². The fourth-order valence-electron chi connectivity index (χ4n) is 2.01. The summed E-state index contributed by atoms with van der Waals surface area (Å²) in [7, 11) is -0.173. The van der Waals surface area contributed by atoms with E-state index in [0.29, 0.717) is 12.4 Å². The SMILES string of the molecule is CN(C)S(=O)(=O)CCNc1cc(C2CC(O)C2)ncn1. The van der Waals surface area contributed by atoms with Crippen molar-refractivity contribution in [1.29, 1.82) is 0 Å². The van der Waals surface area contributed by atoms with Crippen molar-refractivity contribution in [2.24, 2.45) is 0 Å². The third kappa shape index (κ3) is 3.65. The summed E-state index contributed by atoms with van der Waals surface area (Å²) in [6.45, 7) is 0.296. The highest BCUT2D eigenvalue weighted by atomic mass is 32.2. The summed E-state index contributed by atoms with van der Waals surface area (Å²) in [5, 5.41) is 12.3. The molecule has 112 valence electrons. The Hall–Kier alpha value is -1.25. The maximum atomic E-state index is 11.6. The summed E-state index contributed by atoms with van der Waals surface area (Å²) in [6, 6.07) is 1.82. The van der Waals surface area contributed by atoms with Gasteiger partial charge in [0, 0.05) is 38.3 Å². The van der Waals surface area contributed by atoms with Crippen LogP contribution in [0.5, 0.6) is 0 Å². The quantitative estimate of drug-likeness (QED) is 0.769. The van der Waals surface area contributed by atoms with Crippen LogP contribution in [0.1, 0.15) is 24.5 Å². The highest BCUT2D eigenvalue weighted by Crippen LogP contribution is 2.35. The van der Waals surface area contributed by atoms with Crippen LogP contribution in [-0.2, 0) is 10.0 Å². The van der Waals surface area contributed by atoms with E-state index in [1.165, 1.54) is 24.7 Å². The van der Waals surface area contributed by atoms with Gasteiger partial charge in [0.15, 0.2) is 0 Å². The minimum atomic E-state index is -3.20. The van der Waals surface area contributed by atoms with Crippen molar-refractivity contribution >= 4 is 15.8 Å². The van der Waals surface area contributed by atoms with Gasteiger partial charge in [0.05, 0.1) is 11.9 Å². The first-order valence-electron chi connectivity index (χ1n) is 6.52. The normalized spacial score (nSPS) is 22.6. The summed E-state index contributed by atoms with van der Waals surface area (Å²) in [5.41, 5.74) is 0.892. The highest BCUT2D eigenvalue weighted by molar-refractivity contribution is 7.89. The third-order valence-corrected chi connectivity index (χ3v) is 5.27. The fraction of sp³-hybridized carbons (Fsp3) is 0.667. The van der Waals surface area contributed by atoms with Gasteiger partial charge in [0.25, 0.3) is 0 Å². The molecule has 1 aliphatic rings. The van der Waals surface area contributed by atoms with Gasteiger partial charge in [0.1, 0.15) is 12.1 Å². The molecular weight excluding hydrogens is 280 g/mol. The first kappa shape index (κ1) is 15.1. The minimum absolute atomic E-state index is 0.0154. The van der Waals surface area contributed by atoms with E-state index in [0.717, 1.165) is 18.5 Å². The zero-order valence-electron chi connectivity index (χ0n) is 11.7. The Morgan fingerprint density at radius 3 is 2.70 bits per heavy atom. The number of aliphatic hydroxyl groups excluding tert-OH is 1. The van der Waals surface area contributed by atoms with Crippen LogP contribution < -0.4 is 5.32 Å². The largest absolute Gasteiger partial charge is 0.393 e. The lowest BCUT2D eigenvalue weighted by molar-refractivity contribution is 0.0732. The first-order chi connectivity index (χ1) is 9.38. The van der Waals surface area contributed by atoms with Crippen molar-refractivity contribution in [3.8, 4) is 0 Å². The number of nitrogens with one attached hydrogen (secondary N) is 1. The van der Waals surface area contributed by atoms with Crippen molar-refractivity contribution in [3.05, 3.63) is 18.1 Å². The van der Waals surface area contributed by atoms with Gasteiger partial charge in [-0.25, -0.2) is 22.7 Å². The molecule has 0 unspecified atom stereocenters. The first-order valence-corrected chi connectivity index (χ1v) is 8.13. The Balaban J connectivity index is 1.89.